The van der Waals surface area contributed by atoms with Gasteiger partial charge in [0.25, 0.3) is 0 Å². The molecule has 0 bridgehead atoms. The van der Waals surface area contributed by atoms with E-state index in [1.807, 2.05) is 0 Å². The zero-order valence-corrected chi connectivity index (χ0v) is 12.1. The van der Waals surface area contributed by atoms with Crippen LogP contribution in [0.2, 0.25) is 0 Å². The fourth-order valence-corrected chi connectivity index (χ4v) is 0. The summed E-state index contributed by atoms with van der Waals surface area (Å²) < 4.78 is 0. The van der Waals surface area contributed by atoms with E-state index in [9.17, 15) is 0 Å². The van der Waals surface area contributed by atoms with Gasteiger partial charge < -0.3 is 0 Å². The molecule has 0 N–H and O–H groups in total. The van der Waals surface area contributed by atoms with Gasteiger partial charge in [-0.1, -0.05) is 0 Å². The normalized spacial score (nSPS) is 3.69. The topological polar surface area (TPSA) is 0 Å². The van der Waals surface area contributed by atoms with Crippen molar-refractivity contribution in [1.29, 1.82) is 0 Å². The fraction of sp³-hybridized carbons (Fsp3) is 0. The Morgan fingerprint density at radius 3 is 0.538 bits per heavy atom. The molecule has 0 unspecified atom stereocenters. The molecule has 0 radical (unpaired) electrons. The van der Waals surface area contributed by atoms with E-state index >= 15 is 0 Å². The van der Waals surface area contributed by atoms with Crippen LogP contribution in [-0.4, -0.2) is 0 Å². The molecule has 1 heteroatoms. The Kier molecular flexibility index (Phi) is 249. The number of hydrogen-bond acceptors (Lipinski definition) is 0. The van der Waals surface area contributed by atoms with Gasteiger partial charge in [0.05, 0.1) is 0 Å². The Labute approximate surface area is 104 Å². The van der Waals surface area contributed by atoms with Crippen molar-refractivity contribution in [2.45, 2.75) is 0 Å². The number of rotatable bonds is 0. The first-order chi connectivity index (χ1) is 5.66. The Morgan fingerprint density at radius 2 is 0.538 bits per heavy atom. The molecule has 0 aromatic rings. The molecule has 0 aromatic carbocycles. The maximum atomic E-state index is 3.25. The van der Waals surface area contributed by atoms with Crippen molar-refractivity contribution < 1.29 is 25.8 Å². The van der Waals surface area contributed by atoms with E-state index in [0.29, 0.717) is 0 Å². The molecule has 0 atom stereocenters. The van der Waals surface area contributed by atoms with Gasteiger partial charge in [0.2, 0.25) is 0 Å². The summed E-state index contributed by atoms with van der Waals surface area (Å²) in [5.41, 5.74) is 0. The molecule has 0 heterocycles. The van der Waals surface area contributed by atoms with Crippen LogP contribution >= 0.6 is 0 Å². The fourth-order valence-electron chi connectivity index (χ4n) is 0. The second-order valence-electron chi connectivity index (χ2n) is 1.15. The zero-order valence-electron chi connectivity index (χ0n) is 8.47. The van der Waals surface area contributed by atoms with E-state index in [4.69, 9.17) is 0 Å². The Bertz CT molecular complexity index is 59.1. The largest absolute Gasteiger partial charge is 4.00 e. The first-order valence-corrected chi connectivity index (χ1v) is 3.27. The molecule has 0 aromatic heterocycles. The monoisotopic (exact) mass is 344 g/mol. The van der Waals surface area contributed by atoms with Crippen molar-refractivity contribution in [3.8, 4) is 0 Å². The summed E-state index contributed by atoms with van der Waals surface area (Å²) in [4.78, 5) is 0. The third kappa shape index (κ3) is 2060. The van der Waals surface area contributed by atoms with Crippen LogP contribution in [0.1, 0.15) is 0 Å². The minimum absolute atomic E-state index is 0. The predicted octanol–water partition coefficient (Wildman–Crippen LogP) is 4.02. The average molecular weight is 343 g/mol. The smallest absolute Gasteiger partial charge is 0.245 e. The van der Waals surface area contributed by atoms with E-state index in [1.165, 1.54) is 24.3 Å². The Balaban J connectivity index is -0.0000000213. The second kappa shape index (κ2) is 110. The molecule has 0 saturated heterocycles. The van der Waals surface area contributed by atoms with E-state index < -0.39 is 0 Å². The molecule has 72 valence electrons. The summed E-state index contributed by atoms with van der Waals surface area (Å²) in [7, 11) is 0. The zero-order chi connectivity index (χ0) is 10.8. The number of allylic oxidation sites excluding steroid dienone is 4. The van der Waals surface area contributed by atoms with Gasteiger partial charge in [0.1, 0.15) is 0 Å². The van der Waals surface area contributed by atoms with Gasteiger partial charge >= 0.3 is 25.8 Å². The SMILES string of the molecule is C=C[CH2-].C=C[CH2-].C=C[CH2-].C=C[CH2-].[Hf+4]. The van der Waals surface area contributed by atoms with Crippen molar-refractivity contribution in [3.63, 3.8) is 0 Å². The van der Waals surface area contributed by atoms with Gasteiger partial charge in [-0.25, -0.2) is 78.3 Å². The van der Waals surface area contributed by atoms with Gasteiger partial charge in [-0.2, -0.15) is 0 Å². The molecule has 0 aliphatic rings. The molecule has 0 spiro atoms. The van der Waals surface area contributed by atoms with Crippen LogP contribution in [0.15, 0.2) is 50.6 Å². The van der Waals surface area contributed by atoms with Gasteiger partial charge in [-0.3, -0.25) is 0 Å². The molecule has 0 rings (SSSR count). The Morgan fingerprint density at radius 1 is 0.538 bits per heavy atom. The molecular weight excluding hydrogens is 323 g/mol. The van der Waals surface area contributed by atoms with Crippen LogP contribution in [0.4, 0.5) is 0 Å². The van der Waals surface area contributed by atoms with Gasteiger partial charge in [0, 0.05) is 0 Å². The third-order valence-electron chi connectivity index (χ3n) is 0. The first kappa shape index (κ1) is 29.5. The van der Waals surface area contributed by atoms with Crippen LogP contribution in [0.25, 0.3) is 0 Å². The van der Waals surface area contributed by atoms with Crippen LogP contribution in [0, 0.1) is 27.7 Å². The summed E-state index contributed by atoms with van der Waals surface area (Å²) in [6.45, 7) is 26.0. The van der Waals surface area contributed by atoms with Crippen molar-refractivity contribution in [2.24, 2.45) is 0 Å². The van der Waals surface area contributed by atoms with Gasteiger partial charge in [0.15, 0.2) is 0 Å². The summed E-state index contributed by atoms with van der Waals surface area (Å²) in [5.74, 6) is 0. The minimum Gasteiger partial charge on any atom is -0.245 e. The molecule has 0 aliphatic heterocycles. The quantitative estimate of drug-likeness (QED) is 0.461. The van der Waals surface area contributed by atoms with Crippen LogP contribution in [0.5, 0.6) is 0 Å². The summed E-state index contributed by atoms with van der Waals surface area (Å²) >= 11 is 0. The molecule has 13 heavy (non-hydrogen) atoms. The number of hydrogen-bond donors (Lipinski definition) is 0. The first-order valence-electron chi connectivity index (χ1n) is 3.27. The van der Waals surface area contributed by atoms with Crippen LogP contribution in [-0.2, 0) is 25.8 Å². The van der Waals surface area contributed by atoms with E-state index in [2.05, 4.69) is 54.0 Å². The van der Waals surface area contributed by atoms with Crippen molar-refractivity contribution in [2.75, 3.05) is 0 Å². The standard InChI is InChI=1S/4C3H5.Hf/c4*1-3-2;/h4*3H,1-2H2;/q4*-1;+4. The van der Waals surface area contributed by atoms with Gasteiger partial charge in [-0.15, -0.1) is 0 Å². The van der Waals surface area contributed by atoms with Crippen molar-refractivity contribution >= 4 is 0 Å². The summed E-state index contributed by atoms with van der Waals surface area (Å²) in [6.07, 6.45) is 6.00. The molecule has 0 saturated carbocycles. The average Bonchev–Trinajstić information content (AvgIpc) is 1.92. The summed E-state index contributed by atoms with van der Waals surface area (Å²) in [5, 5.41) is 0. The molecule has 0 fully saturated rings. The summed E-state index contributed by atoms with van der Waals surface area (Å²) in [6, 6.07) is 0. The molecule has 0 amide bonds. The maximum absolute atomic E-state index is 3.25. The van der Waals surface area contributed by atoms with Crippen LogP contribution < -0.4 is 0 Å². The van der Waals surface area contributed by atoms with E-state index in [1.54, 1.807) is 0 Å². The van der Waals surface area contributed by atoms with E-state index in [-0.39, 0.29) is 25.8 Å². The Hall–Kier alpha value is -0.690. The predicted molar refractivity (Wildman–Crippen MR) is 62.2 cm³/mol. The molecule has 0 aliphatic carbocycles. The maximum Gasteiger partial charge on any atom is 4.00 e. The second-order valence-corrected chi connectivity index (χ2v) is 1.15. The van der Waals surface area contributed by atoms with Crippen molar-refractivity contribution in [3.05, 3.63) is 78.3 Å². The minimum atomic E-state index is 0. The molecule has 0 nitrogen and oxygen atoms in total. The van der Waals surface area contributed by atoms with Crippen LogP contribution in [0.3, 0.4) is 0 Å². The third-order valence-corrected chi connectivity index (χ3v) is 0. The molecular formula is C12H20Hf. The van der Waals surface area contributed by atoms with E-state index in [0.717, 1.165) is 0 Å². The van der Waals surface area contributed by atoms with Crippen molar-refractivity contribution in [1.82, 2.24) is 0 Å². The van der Waals surface area contributed by atoms with Gasteiger partial charge in [-0.05, 0) is 0 Å².